The molecule has 0 aliphatic carbocycles. The highest BCUT2D eigenvalue weighted by Gasteiger charge is 2.50. The number of rotatable bonds is 2. The molecule has 0 saturated carbocycles. The van der Waals surface area contributed by atoms with Crippen LogP contribution in [0, 0.1) is 0 Å². The van der Waals surface area contributed by atoms with Gasteiger partial charge >= 0.3 is 0 Å². The molecule has 1 rings (SSSR count). The lowest BCUT2D eigenvalue weighted by molar-refractivity contribution is 0.800. The van der Waals surface area contributed by atoms with Crippen LogP contribution in [-0.2, 0) is 0 Å². The number of thioether (sulfide) groups is 2. The Balaban J connectivity index is 2.84. The van der Waals surface area contributed by atoms with Crippen LogP contribution in [-0.4, -0.2) is 23.7 Å². The van der Waals surface area contributed by atoms with Gasteiger partial charge in [0.2, 0.25) is 0 Å². The topological polar surface area (TPSA) is 0 Å². The molecular formula is C7H14S6. The van der Waals surface area contributed by atoms with Crippen molar-refractivity contribution in [3.8, 4) is 0 Å². The van der Waals surface area contributed by atoms with E-state index in [0.29, 0.717) is 0 Å². The largest absolute Gasteiger partial charge is 0.164 e. The van der Waals surface area contributed by atoms with E-state index >= 15 is 0 Å². The van der Waals surface area contributed by atoms with Crippen LogP contribution in [0.2, 0.25) is 0 Å². The first kappa shape index (κ1) is 13.2. The van der Waals surface area contributed by atoms with E-state index in [-0.39, 0.29) is 18.0 Å². The summed E-state index contributed by atoms with van der Waals surface area (Å²) in [6, 6.07) is 0. The monoisotopic (exact) mass is 290 g/mol. The quantitative estimate of drug-likeness (QED) is 0.455. The molecule has 0 N–H and O–H groups in total. The molecule has 13 heavy (non-hydrogen) atoms. The summed E-state index contributed by atoms with van der Waals surface area (Å²) in [7, 11) is 0. The lowest BCUT2D eigenvalue weighted by atomic mass is 10.2. The zero-order valence-electron chi connectivity index (χ0n) is 7.47. The maximum atomic E-state index is 4.43. The molecule has 0 spiro atoms. The Labute approximate surface area is 111 Å². The molecule has 1 saturated heterocycles. The lowest BCUT2D eigenvalue weighted by Gasteiger charge is -2.34. The summed E-state index contributed by atoms with van der Waals surface area (Å²) < 4.78 is 0.235. The highest BCUT2D eigenvalue weighted by Crippen LogP contribution is 2.59. The minimum Gasteiger partial charge on any atom is -0.164 e. The van der Waals surface area contributed by atoms with Crippen molar-refractivity contribution in [3.63, 3.8) is 0 Å². The van der Waals surface area contributed by atoms with Gasteiger partial charge in [-0.25, -0.2) is 0 Å². The Hall–Kier alpha value is 2.10. The third-order valence-electron chi connectivity index (χ3n) is 1.96. The predicted molar refractivity (Wildman–Crippen MR) is 80.4 cm³/mol. The first-order valence-corrected chi connectivity index (χ1v) is 7.73. The number of thiol groups is 4. The molecule has 0 unspecified atom stereocenters. The summed E-state index contributed by atoms with van der Waals surface area (Å²) in [6.07, 6.45) is 0. The van der Waals surface area contributed by atoms with Crippen molar-refractivity contribution in [3.05, 3.63) is 0 Å². The van der Waals surface area contributed by atoms with E-state index in [1.807, 2.05) is 23.5 Å². The molecule has 1 aliphatic rings. The molecule has 0 aromatic carbocycles. The van der Waals surface area contributed by atoms with E-state index in [1.165, 1.54) is 0 Å². The van der Waals surface area contributed by atoms with Gasteiger partial charge < -0.3 is 0 Å². The Kier molecular flexibility index (Phi) is 4.59. The molecule has 6 heteroatoms. The summed E-state index contributed by atoms with van der Waals surface area (Å²) in [4.78, 5) is 0. The molecule has 0 aromatic rings. The third-order valence-corrected chi connectivity index (χ3v) is 8.09. The van der Waals surface area contributed by atoms with E-state index in [4.69, 9.17) is 0 Å². The molecule has 78 valence electrons. The molecule has 1 heterocycles. The maximum absolute atomic E-state index is 4.43. The zero-order valence-corrected chi connectivity index (χ0v) is 12.7. The van der Waals surface area contributed by atoms with E-state index in [2.05, 4.69) is 64.4 Å². The second kappa shape index (κ2) is 4.53. The molecule has 1 aliphatic heterocycles. The van der Waals surface area contributed by atoms with Crippen molar-refractivity contribution in [2.24, 2.45) is 0 Å². The van der Waals surface area contributed by atoms with Gasteiger partial charge in [0, 0.05) is 5.75 Å². The summed E-state index contributed by atoms with van der Waals surface area (Å²) >= 11 is 21.5. The van der Waals surface area contributed by atoms with Crippen LogP contribution in [0.3, 0.4) is 0 Å². The average Bonchev–Trinajstić information content (AvgIpc) is 2.27. The molecule has 1 fully saturated rings. The maximum Gasteiger partial charge on any atom is 0.0673 e. The van der Waals surface area contributed by atoms with E-state index in [9.17, 15) is 0 Å². The Morgan fingerprint density at radius 1 is 1.08 bits per heavy atom. The van der Waals surface area contributed by atoms with Gasteiger partial charge in [0.1, 0.15) is 0 Å². The summed E-state index contributed by atoms with van der Waals surface area (Å²) in [5, 5.41) is 0. The van der Waals surface area contributed by atoms with Gasteiger partial charge in [-0.3, -0.25) is 0 Å². The van der Waals surface area contributed by atoms with Crippen molar-refractivity contribution < 1.29 is 0 Å². The SMILES string of the molecule is CC1(C)SCC(C(S)S)(C(S)S)S1. The second-order valence-electron chi connectivity index (χ2n) is 3.49. The van der Waals surface area contributed by atoms with Crippen molar-refractivity contribution in [1.82, 2.24) is 0 Å². The first-order chi connectivity index (χ1) is 5.80. The van der Waals surface area contributed by atoms with Gasteiger partial charge in [0.25, 0.3) is 0 Å². The summed E-state index contributed by atoms with van der Waals surface area (Å²) in [5.41, 5.74) is 0. The van der Waals surface area contributed by atoms with Gasteiger partial charge in [-0.15, -0.1) is 23.5 Å². The second-order valence-corrected chi connectivity index (χ2v) is 10.2. The average molecular weight is 291 g/mol. The van der Waals surface area contributed by atoms with Gasteiger partial charge in [-0.2, -0.15) is 50.5 Å². The van der Waals surface area contributed by atoms with Crippen LogP contribution in [0.5, 0.6) is 0 Å². The number of hydrogen-bond donors (Lipinski definition) is 4. The molecular weight excluding hydrogens is 276 g/mol. The predicted octanol–water partition coefficient (Wildman–Crippen LogP) is 3.31. The smallest absolute Gasteiger partial charge is 0.0673 e. The van der Waals surface area contributed by atoms with Crippen molar-refractivity contribution in [2.75, 3.05) is 5.75 Å². The lowest BCUT2D eigenvalue weighted by Crippen LogP contribution is -2.40. The van der Waals surface area contributed by atoms with Crippen molar-refractivity contribution >= 4 is 74.0 Å². The highest BCUT2D eigenvalue weighted by atomic mass is 32.2. The zero-order chi connectivity index (χ0) is 10.3. The standard InChI is InChI=1S/C7H14S6/c1-6(2)12-3-7(13-6,4(8)9)5(10)11/h4-5,8-11H,3H2,1-2H3. The molecule has 0 nitrogen and oxygen atoms in total. The van der Waals surface area contributed by atoms with Gasteiger partial charge in [0.15, 0.2) is 0 Å². The van der Waals surface area contributed by atoms with Gasteiger partial charge in [-0.1, -0.05) is 0 Å². The molecule has 0 atom stereocenters. The fraction of sp³-hybridized carbons (Fsp3) is 1.00. The minimum absolute atomic E-state index is 0.0202. The van der Waals surface area contributed by atoms with Gasteiger partial charge in [0.05, 0.1) is 18.0 Å². The number of hydrogen-bond acceptors (Lipinski definition) is 6. The third kappa shape index (κ3) is 2.81. The van der Waals surface area contributed by atoms with Crippen LogP contribution < -0.4 is 0 Å². The van der Waals surface area contributed by atoms with E-state index in [1.54, 1.807) is 0 Å². The van der Waals surface area contributed by atoms with Crippen LogP contribution in [0.15, 0.2) is 0 Å². The van der Waals surface area contributed by atoms with Crippen LogP contribution in [0.25, 0.3) is 0 Å². The minimum atomic E-state index is -0.0351. The van der Waals surface area contributed by atoms with E-state index in [0.717, 1.165) is 5.75 Å². The highest BCUT2D eigenvalue weighted by molar-refractivity contribution is 8.23. The van der Waals surface area contributed by atoms with E-state index < -0.39 is 0 Å². The van der Waals surface area contributed by atoms with Crippen molar-refractivity contribution in [2.45, 2.75) is 31.8 Å². The summed E-state index contributed by atoms with van der Waals surface area (Å²) in [5.74, 6) is 1.01. The Morgan fingerprint density at radius 3 is 1.69 bits per heavy atom. The Bertz CT molecular complexity index is 179. The molecule has 0 bridgehead atoms. The van der Waals surface area contributed by atoms with Crippen LogP contribution in [0.4, 0.5) is 0 Å². The van der Waals surface area contributed by atoms with Crippen LogP contribution in [0.1, 0.15) is 13.8 Å². The van der Waals surface area contributed by atoms with Crippen LogP contribution >= 0.6 is 74.0 Å². The van der Waals surface area contributed by atoms with Crippen molar-refractivity contribution in [1.29, 1.82) is 0 Å². The Morgan fingerprint density at radius 2 is 1.54 bits per heavy atom. The molecule has 0 radical (unpaired) electrons. The fourth-order valence-electron chi connectivity index (χ4n) is 1.19. The molecule has 0 amide bonds. The normalized spacial score (nSPS) is 25.8. The van der Waals surface area contributed by atoms with Gasteiger partial charge in [-0.05, 0) is 13.8 Å². The fourth-order valence-corrected chi connectivity index (χ4v) is 7.07. The first-order valence-electron chi connectivity index (χ1n) is 3.86. The summed E-state index contributed by atoms with van der Waals surface area (Å²) in [6.45, 7) is 4.44. The molecule has 0 aromatic heterocycles.